The van der Waals surface area contributed by atoms with E-state index in [0.29, 0.717) is 69.1 Å². The van der Waals surface area contributed by atoms with Crippen molar-refractivity contribution >= 4 is 39.0 Å². The Kier molecular flexibility index (Phi) is 5.34. The number of hydrogen-bond acceptors (Lipinski definition) is 8. The minimum atomic E-state index is -0.302. The lowest BCUT2D eigenvalue weighted by Crippen LogP contribution is -2.51. The highest BCUT2D eigenvalue weighted by Crippen LogP contribution is 2.36. The summed E-state index contributed by atoms with van der Waals surface area (Å²) in [6.45, 7) is 3.42. The van der Waals surface area contributed by atoms with E-state index in [1.165, 1.54) is 17.4 Å². The van der Waals surface area contributed by atoms with Crippen LogP contribution in [0, 0.1) is 24.1 Å². The van der Waals surface area contributed by atoms with Crippen molar-refractivity contribution in [1.29, 1.82) is 5.26 Å². The Morgan fingerprint density at radius 2 is 2.09 bits per heavy atom. The molecule has 0 saturated carbocycles. The number of nitrogens with zero attached hydrogens (tertiary/aromatic N) is 4. The van der Waals surface area contributed by atoms with Crippen LogP contribution in [0.4, 0.5) is 15.8 Å². The number of nitriles is 1. The Hall–Kier alpha value is -3.29. The maximum absolute atomic E-state index is 15.4. The molecule has 8 nitrogen and oxygen atoms in total. The zero-order valence-corrected chi connectivity index (χ0v) is 20.2. The molecule has 2 fully saturated rings. The minimum absolute atomic E-state index is 0.246. The smallest absolute Gasteiger partial charge is 0.263 e. The van der Waals surface area contributed by atoms with Gasteiger partial charge in [0.1, 0.15) is 27.1 Å². The number of thiophene rings is 1. The number of hydrogen-bond donors (Lipinski definition) is 3. The summed E-state index contributed by atoms with van der Waals surface area (Å²) in [4.78, 5) is 24.9. The molecule has 3 atom stereocenters. The average molecular weight is 492 g/mol. The van der Waals surface area contributed by atoms with E-state index in [0.717, 1.165) is 37.2 Å². The van der Waals surface area contributed by atoms with E-state index in [-0.39, 0.29) is 17.8 Å². The topological polar surface area (TPSA) is 120 Å². The number of nitrogen functional groups attached to an aromatic ring is 1. The highest BCUT2D eigenvalue weighted by Gasteiger charge is 2.35. The Labute approximate surface area is 206 Å². The van der Waals surface area contributed by atoms with Gasteiger partial charge >= 0.3 is 0 Å². The summed E-state index contributed by atoms with van der Waals surface area (Å²) in [5, 5.41) is 16.6. The van der Waals surface area contributed by atoms with Gasteiger partial charge in [-0.3, -0.25) is 4.79 Å². The van der Waals surface area contributed by atoms with Gasteiger partial charge in [-0.2, -0.15) is 5.26 Å². The molecular weight excluding hydrogens is 465 g/mol. The third-order valence-corrected chi connectivity index (χ3v) is 8.52. The SMILES string of the molecule is Cc1cnc2c(N)c(C(=O)N[C@H]3CCc4c(C#N)c(N5CC6CCC(C5)N6)cc(F)c4C3)sc2n1. The molecule has 1 aliphatic carbocycles. The number of benzene rings is 1. The summed E-state index contributed by atoms with van der Waals surface area (Å²) in [7, 11) is 0. The number of halogens is 1. The second-order valence-corrected chi connectivity index (χ2v) is 10.8. The first-order valence-electron chi connectivity index (χ1n) is 12.0. The molecule has 3 aliphatic rings. The molecule has 2 unspecified atom stereocenters. The molecule has 2 saturated heterocycles. The minimum Gasteiger partial charge on any atom is -0.396 e. The number of anilines is 2. The lowest BCUT2D eigenvalue weighted by molar-refractivity contribution is 0.0938. The van der Waals surface area contributed by atoms with Crippen molar-refractivity contribution in [3.8, 4) is 6.07 Å². The zero-order valence-electron chi connectivity index (χ0n) is 19.4. The van der Waals surface area contributed by atoms with Gasteiger partial charge in [0.25, 0.3) is 5.91 Å². The molecule has 2 aliphatic heterocycles. The van der Waals surface area contributed by atoms with Crippen molar-refractivity contribution in [2.75, 3.05) is 23.7 Å². The predicted molar refractivity (Wildman–Crippen MR) is 133 cm³/mol. The number of aryl methyl sites for hydroxylation is 1. The van der Waals surface area contributed by atoms with Gasteiger partial charge in [0.15, 0.2) is 0 Å². The van der Waals surface area contributed by atoms with Crippen LogP contribution in [0.5, 0.6) is 0 Å². The molecule has 0 radical (unpaired) electrons. The Balaban J connectivity index is 1.24. The quantitative estimate of drug-likeness (QED) is 0.515. The van der Waals surface area contributed by atoms with Gasteiger partial charge in [0.05, 0.1) is 22.6 Å². The Morgan fingerprint density at radius 1 is 1.31 bits per heavy atom. The third kappa shape index (κ3) is 3.79. The first-order valence-corrected chi connectivity index (χ1v) is 12.8. The number of aromatic nitrogens is 2. The first kappa shape index (κ1) is 22.2. The molecule has 2 bridgehead atoms. The van der Waals surface area contributed by atoms with E-state index in [2.05, 4.69) is 31.6 Å². The normalized spacial score (nSPS) is 23.2. The highest BCUT2D eigenvalue weighted by molar-refractivity contribution is 7.21. The molecule has 4 N–H and O–H groups in total. The third-order valence-electron chi connectivity index (χ3n) is 7.44. The van der Waals surface area contributed by atoms with Crippen molar-refractivity contribution in [1.82, 2.24) is 20.6 Å². The number of amides is 1. The van der Waals surface area contributed by atoms with Crippen molar-refractivity contribution in [3.63, 3.8) is 0 Å². The van der Waals surface area contributed by atoms with Crippen molar-refractivity contribution in [3.05, 3.63) is 45.3 Å². The number of nitrogens with one attached hydrogen (secondary N) is 2. The van der Waals surface area contributed by atoms with Gasteiger partial charge in [0.2, 0.25) is 0 Å². The van der Waals surface area contributed by atoms with Crippen LogP contribution in [0.15, 0.2) is 12.3 Å². The van der Waals surface area contributed by atoms with Crippen LogP contribution in [0.2, 0.25) is 0 Å². The molecule has 4 heterocycles. The summed E-state index contributed by atoms with van der Waals surface area (Å²) < 4.78 is 15.4. The van der Waals surface area contributed by atoms with Crippen LogP contribution < -0.4 is 21.3 Å². The zero-order chi connectivity index (χ0) is 24.3. The molecule has 10 heteroatoms. The number of nitrogens with two attached hydrogens (primary N) is 1. The van der Waals surface area contributed by atoms with Crippen molar-refractivity contribution < 1.29 is 9.18 Å². The maximum Gasteiger partial charge on any atom is 0.263 e. The summed E-state index contributed by atoms with van der Waals surface area (Å²) in [5.41, 5.74) is 10.4. The highest BCUT2D eigenvalue weighted by atomic mass is 32.1. The van der Waals surface area contributed by atoms with E-state index in [1.54, 1.807) is 6.20 Å². The fourth-order valence-corrected chi connectivity index (χ4v) is 6.77. The number of rotatable bonds is 3. The number of carbonyl (C=O) groups excluding carboxylic acids is 1. The van der Waals surface area contributed by atoms with Gasteiger partial charge in [0, 0.05) is 37.4 Å². The van der Waals surface area contributed by atoms with Gasteiger partial charge in [-0.1, -0.05) is 0 Å². The number of fused-ring (bicyclic) bond motifs is 4. The molecule has 35 heavy (non-hydrogen) atoms. The van der Waals surface area contributed by atoms with Crippen molar-refractivity contribution in [2.45, 2.75) is 57.2 Å². The monoisotopic (exact) mass is 491 g/mol. The summed E-state index contributed by atoms with van der Waals surface area (Å²) in [6.07, 6.45) is 5.37. The molecule has 3 aromatic rings. The van der Waals surface area contributed by atoms with Crippen LogP contribution in [0.3, 0.4) is 0 Å². The Bertz CT molecular complexity index is 1380. The van der Waals surface area contributed by atoms with Gasteiger partial charge < -0.3 is 21.3 Å². The molecule has 0 spiro atoms. The molecule has 180 valence electrons. The lowest BCUT2D eigenvalue weighted by Gasteiger charge is -2.36. The fraction of sp³-hybridized carbons (Fsp3) is 0.440. The van der Waals surface area contributed by atoms with Gasteiger partial charge in [-0.25, -0.2) is 14.4 Å². The number of piperazine rings is 1. The lowest BCUT2D eigenvalue weighted by atomic mass is 9.84. The molecule has 1 amide bonds. The molecule has 1 aromatic carbocycles. The summed E-state index contributed by atoms with van der Waals surface area (Å²) in [6, 6.07) is 4.44. The van der Waals surface area contributed by atoms with E-state index in [9.17, 15) is 10.1 Å². The van der Waals surface area contributed by atoms with E-state index in [4.69, 9.17) is 5.73 Å². The van der Waals surface area contributed by atoms with Crippen LogP contribution in [-0.2, 0) is 12.8 Å². The predicted octanol–water partition coefficient (Wildman–Crippen LogP) is 2.82. The fourth-order valence-electron chi connectivity index (χ4n) is 5.77. The Morgan fingerprint density at radius 3 is 2.83 bits per heavy atom. The van der Waals surface area contributed by atoms with E-state index < -0.39 is 0 Å². The molecule has 6 rings (SSSR count). The van der Waals surface area contributed by atoms with E-state index in [1.807, 2.05) is 6.92 Å². The van der Waals surface area contributed by atoms with Crippen LogP contribution >= 0.6 is 11.3 Å². The molecule has 2 aromatic heterocycles. The van der Waals surface area contributed by atoms with Crippen molar-refractivity contribution in [2.24, 2.45) is 0 Å². The van der Waals surface area contributed by atoms with Gasteiger partial charge in [-0.05, 0) is 56.2 Å². The molecular formula is C25H26FN7OS. The summed E-state index contributed by atoms with van der Waals surface area (Å²) >= 11 is 1.21. The second kappa shape index (κ2) is 8.43. The standard InChI is InChI=1S/C25H26FN7OS/c1-12-9-29-22-21(28)23(35-25(22)30-12)24(34)32-13-4-5-16-17(6-13)19(26)7-20(18(16)8-27)33-10-14-2-3-15(11-33)31-14/h7,9,13-15,31H,2-6,10-11,28H2,1H3,(H,32,34)/t13-,14?,15?/m0/s1. The maximum atomic E-state index is 15.4. The van der Waals surface area contributed by atoms with Crippen LogP contribution in [0.1, 0.15) is 51.3 Å². The first-order chi connectivity index (χ1) is 16.9. The van der Waals surface area contributed by atoms with E-state index >= 15 is 4.39 Å². The summed E-state index contributed by atoms with van der Waals surface area (Å²) in [5.74, 6) is -0.601. The largest absolute Gasteiger partial charge is 0.396 e. The van der Waals surface area contributed by atoms with Crippen LogP contribution in [-0.4, -0.2) is 47.1 Å². The van der Waals surface area contributed by atoms with Crippen LogP contribution in [0.25, 0.3) is 10.3 Å². The average Bonchev–Trinajstić information content (AvgIpc) is 3.36. The number of carbonyl (C=O) groups is 1. The van der Waals surface area contributed by atoms with Gasteiger partial charge in [-0.15, -0.1) is 11.3 Å². The second-order valence-electron chi connectivity index (χ2n) is 9.79.